The van der Waals surface area contributed by atoms with Gasteiger partial charge in [-0.25, -0.2) is 0 Å². The average molecular weight is 195 g/mol. The number of nitrogens with zero attached hydrogens (tertiary/aromatic N) is 2. The van der Waals surface area contributed by atoms with Gasteiger partial charge in [0, 0.05) is 20.1 Å². The van der Waals surface area contributed by atoms with Crippen molar-refractivity contribution >= 4 is 0 Å². The number of hydrogen-bond acceptors (Lipinski definition) is 2. The van der Waals surface area contributed by atoms with E-state index in [2.05, 4.69) is 37.3 Å². The molecular weight excluding hydrogens is 174 g/mol. The molecule has 0 atom stereocenters. The molecule has 0 unspecified atom stereocenters. The van der Waals surface area contributed by atoms with Gasteiger partial charge in [0.1, 0.15) is 0 Å². The highest BCUT2D eigenvalue weighted by molar-refractivity contribution is 5.08. The van der Waals surface area contributed by atoms with Crippen LogP contribution in [-0.2, 0) is 13.6 Å². The summed E-state index contributed by atoms with van der Waals surface area (Å²) in [7, 11) is 1.99. The Balaban J connectivity index is 2.42. The first kappa shape index (κ1) is 11.2. The lowest BCUT2D eigenvalue weighted by atomic mass is 9.97. The zero-order chi connectivity index (χ0) is 10.8. The van der Waals surface area contributed by atoms with Crippen LogP contribution in [0.2, 0.25) is 0 Å². The molecule has 1 aromatic heterocycles. The van der Waals surface area contributed by atoms with E-state index in [1.165, 1.54) is 5.69 Å². The van der Waals surface area contributed by atoms with Gasteiger partial charge in [0.05, 0.1) is 11.4 Å². The van der Waals surface area contributed by atoms with Crippen molar-refractivity contribution in [2.75, 3.05) is 6.54 Å². The van der Waals surface area contributed by atoms with Crippen molar-refractivity contribution in [1.82, 2.24) is 15.1 Å². The number of aryl methyl sites for hydroxylation is 2. The van der Waals surface area contributed by atoms with Crippen molar-refractivity contribution in [2.24, 2.45) is 12.5 Å². The van der Waals surface area contributed by atoms with E-state index in [1.807, 2.05) is 18.7 Å². The molecule has 0 amide bonds. The first-order valence-electron chi connectivity index (χ1n) is 5.09. The van der Waals surface area contributed by atoms with Crippen LogP contribution in [0.4, 0.5) is 0 Å². The largest absolute Gasteiger partial charge is 0.311 e. The van der Waals surface area contributed by atoms with Crippen LogP contribution in [0.1, 0.15) is 32.2 Å². The summed E-state index contributed by atoms with van der Waals surface area (Å²) in [5, 5.41) is 7.74. The van der Waals surface area contributed by atoms with Crippen LogP contribution < -0.4 is 5.32 Å². The quantitative estimate of drug-likeness (QED) is 0.798. The van der Waals surface area contributed by atoms with E-state index < -0.39 is 0 Å². The maximum Gasteiger partial charge on any atom is 0.0597 e. The Hall–Kier alpha value is -0.830. The average Bonchev–Trinajstić information content (AvgIpc) is 2.27. The van der Waals surface area contributed by atoms with Gasteiger partial charge in [0.2, 0.25) is 0 Å². The smallest absolute Gasteiger partial charge is 0.0597 e. The molecule has 0 bridgehead atoms. The maximum atomic E-state index is 4.30. The molecule has 0 aliphatic carbocycles. The molecule has 14 heavy (non-hydrogen) atoms. The van der Waals surface area contributed by atoms with Gasteiger partial charge in [-0.15, -0.1) is 0 Å². The van der Waals surface area contributed by atoms with E-state index in [0.29, 0.717) is 5.41 Å². The zero-order valence-electron chi connectivity index (χ0n) is 9.89. The Morgan fingerprint density at radius 1 is 1.43 bits per heavy atom. The number of rotatable bonds is 3. The molecule has 0 spiro atoms. The van der Waals surface area contributed by atoms with Crippen molar-refractivity contribution in [1.29, 1.82) is 0 Å². The van der Waals surface area contributed by atoms with Gasteiger partial charge in [-0.3, -0.25) is 4.68 Å². The molecular formula is C11H21N3. The van der Waals surface area contributed by atoms with E-state index >= 15 is 0 Å². The lowest BCUT2D eigenvalue weighted by Gasteiger charge is -2.18. The molecule has 3 heteroatoms. The van der Waals surface area contributed by atoms with Gasteiger partial charge in [-0.05, 0) is 18.4 Å². The number of nitrogens with one attached hydrogen (secondary N) is 1. The first-order valence-corrected chi connectivity index (χ1v) is 5.09. The number of aromatic nitrogens is 2. The van der Waals surface area contributed by atoms with Crippen LogP contribution in [-0.4, -0.2) is 16.3 Å². The van der Waals surface area contributed by atoms with Crippen molar-refractivity contribution in [3.63, 3.8) is 0 Å². The fourth-order valence-corrected chi connectivity index (χ4v) is 1.40. The monoisotopic (exact) mass is 195 g/mol. The molecule has 0 fully saturated rings. The minimum absolute atomic E-state index is 0.341. The Labute approximate surface area is 86.5 Å². The van der Waals surface area contributed by atoms with E-state index in [4.69, 9.17) is 0 Å². The molecule has 0 radical (unpaired) electrons. The molecule has 1 aromatic rings. The highest BCUT2D eigenvalue weighted by atomic mass is 15.3. The van der Waals surface area contributed by atoms with Gasteiger partial charge in [-0.2, -0.15) is 5.10 Å². The molecule has 1 N–H and O–H groups in total. The fraction of sp³-hybridized carbons (Fsp3) is 0.727. The van der Waals surface area contributed by atoms with Crippen LogP contribution in [0.3, 0.4) is 0 Å². The predicted octanol–water partition coefficient (Wildman–Crippen LogP) is 1.86. The topological polar surface area (TPSA) is 29.9 Å². The highest BCUT2D eigenvalue weighted by Crippen LogP contribution is 2.10. The normalized spacial score (nSPS) is 12.1. The lowest BCUT2D eigenvalue weighted by Crippen LogP contribution is -2.27. The molecule has 0 saturated heterocycles. The van der Waals surface area contributed by atoms with E-state index in [-0.39, 0.29) is 0 Å². The molecule has 1 heterocycles. The molecule has 1 rings (SSSR count). The summed E-state index contributed by atoms with van der Waals surface area (Å²) in [5.41, 5.74) is 2.67. The fourth-order valence-electron chi connectivity index (χ4n) is 1.40. The van der Waals surface area contributed by atoms with E-state index in [0.717, 1.165) is 18.8 Å². The SMILES string of the molecule is Cc1cc(CNCC(C)(C)C)n(C)n1. The minimum atomic E-state index is 0.341. The standard InChI is InChI=1S/C11H21N3/c1-9-6-10(14(5)13-9)7-12-8-11(2,3)4/h6,12H,7-8H2,1-5H3. The van der Waals surface area contributed by atoms with Gasteiger partial charge >= 0.3 is 0 Å². The number of hydrogen-bond donors (Lipinski definition) is 1. The van der Waals surface area contributed by atoms with Crippen LogP contribution in [0.15, 0.2) is 6.07 Å². The summed E-state index contributed by atoms with van der Waals surface area (Å²) < 4.78 is 1.94. The predicted molar refractivity (Wildman–Crippen MR) is 59.1 cm³/mol. The third-order valence-electron chi connectivity index (χ3n) is 2.06. The summed E-state index contributed by atoms with van der Waals surface area (Å²) in [6.45, 7) is 10.6. The Morgan fingerprint density at radius 2 is 2.07 bits per heavy atom. The molecule has 0 aliphatic rings. The van der Waals surface area contributed by atoms with Crippen LogP contribution in [0.25, 0.3) is 0 Å². The maximum absolute atomic E-state index is 4.30. The lowest BCUT2D eigenvalue weighted by molar-refractivity contribution is 0.376. The second kappa shape index (κ2) is 4.13. The van der Waals surface area contributed by atoms with Crippen molar-refractivity contribution < 1.29 is 0 Å². The van der Waals surface area contributed by atoms with Gasteiger partial charge in [-0.1, -0.05) is 20.8 Å². The van der Waals surface area contributed by atoms with E-state index in [9.17, 15) is 0 Å². The van der Waals surface area contributed by atoms with Gasteiger partial charge < -0.3 is 5.32 Å². The van der Waals surface area contributed by atoms with Gasteiger partial charge in [0.15, 0.2) is 0 Å². The van der Waals surface area contributed by atoms with Crippen LogP contribution in [0.5, 0.6) is 0 Å². The third kappa shape index (κ3) is 3.50. The zero-order valence-corrected chi connectivity index (χ0v) is 9.89. The summed E-state index contributed by atoms with van der Waals surface area (Å²) >= 11 is 0. The van der Waals surface area contributed by atoms with Crippen LogP contribution in [0, 0.1) is 12.3 Å². The van der Waals surface area contributed by atoms with Crippen molar-refractivity contribution in [2.45, 2.75) is 34.2 Å². The van der Waals surface area contributed by atoms with Crippen molar-refractivity contribution in [3.05, 3.63) is 17.5 Å². The molecule has 0 saturated carbocycles. The minimum Gasteiger partial charge on any atom is -0.311 e. The molecule has 80 valence electrons. The Bertz CT molecular complexity index is 294. The molecule has 3 nitrogen and oxygen atoms in total. The van der Waals surface area contributed by atoms with Gasteiger partial charge in [0.25, 0.3) is 0 Å². The molecule has 0 aliphatic heterocycles. The Kier molecular flexibility index (Phi) is 3.32. The Morgan fingerprint density at radius 3 is 2.50 bits per heavy atom. The second-order valence-corrected chi connectivity index (χ2v) is 5.06. The van der Waals surface area contributed by atoms with Crippen molar-refractivity contribution in [3.8, 4) is 0 Å². The summed E-state index contributed by atoms with van der Waals surface area (Å²) in [6, 6.07) is 2.12. The molecule has 0 aromatic carbocycles. The summed E-state index contributed by atoms with van der Waals surface area (Å²) in [4.78, 5) is 0. The first-order chi connectivity index (χ1) is 6.38. The van der Waals surface area contributed by atoms with E-state index in [1.54, 1.807) is 0 Å². The third-order valence-corrected chi connectivity index (χ3v) is 2.06. The summed E-state index contributed by atoms with van der Waals surface area (Å²) in [6.07, 6.45) is 0. The highest BCUT2D eigenvalue weighted by Gasteiger charge is 2.09. The summed E-state index contributed by atoms with van der Waals surface area (Å²) in [5.74, 6) is 0. The van der Waals surface area contributed by atoms with Crippen LogP contribution >= 0.6 is 0 Å². The second-order valence-electron chi connectivity index (χ2n) is 5.06.